The van der Waals surface area contributed by atoms with Crippen molar-refractivity contribution in [2.75, 3.05) is 30.7 Å². The van der Waals surface area contributed by atoms with Crippen molar-refractivity contribution in [3.63, 3.8) is 0 Å². The van der Waals surface area contributed by atoms with Gasteiger partial charge in [-0.25, -0.2) is 22.8 Å². The molecule has 0 bridgehead atoms. The van der Waals surface area contributed by atoms with Gasteiger partial charge in [0.05, 0.1) is 5.69 Å². The van der Waals surface area contributed by atoms with Gasteiger partial charge < -0.3 is 14.8 Å². The number of hydrogen-bond donors (Lipinski definition) is 2. The maximum atomic E-state index is 13.9. The molecule has 38 heavy (non-hydrogen) atoms. The summed E-state index contributed by atoms with van der Waals surface area (Å²) in [5, 5.41) is 4.36. The Morgan fingerprint density at radius 2 is 1.68 bits per heavy atom. The maximum absolute atomic E-state index is 13.9. The van der Waals surface area contributed by atoms with Crippen LogP contribution >= 0.6 is 0 Å². The van der Waals surface area contributed by atoms with E-state index in [-0.39, 0.29) is 0 Å². The van der Waals surface area contributed by atoms with E-state index in [1.54, 1.807) is 24.3 Å². The summed E-state index contributed by atoms with van der Waals surface area (Å²) < 4.78 is 43.6. The average Bonchev–Trinajstić information content (AvgIpc) is 3.31. The van der Waals surface area contributed by atoms with E-state index < -0.39 is 20.7 Å². The first kappa shape index (κ1) is 25.4. The van der Waals surface area contributed by atoms with Crippen molar-refractivity contribution >= 4 is 38.1 Å². The summed E-state index contributed by atoms with van der Waals surface area (Å²) >= 11 is 0. The lowest BCUT2D eigenvalue weighted by Gasteiger charge is -2.12. The highest BCUT2D eigenvalue weighted by atomic mass is 32.2. The predicted molar refractivity (Wildman–Crippen MR) is 148 cm³/mol. The van der Waals surface area contributed by atoms with Crippen molar-refractivity contribution in [1.82, 2.24) is 19.4 Å². The second kappa shape index (κ2) is 10.6. The largest absolute Gasteiger partial charge is 0.346 e. The zero-order valence-electron chi connectivity index (χ0n) is 21.0. The molecule has 2 N–H and O–H groups in total. The smallest absolute Gasteiger partial charge is 0.264 e. The second-order valence-corrected chi connectivity index (χ2v) is 10.8. The van der Waals surface area contributed by atoms with E-state index in [0.29, 0.717) is 17.2 Å². The minimum atomic E-state index is -4.04. The van der Waals surface area contributed by atoms with Gasteiger partial charge in [0.1, 0.15) is 22.9 Å². The topological polar surface area (TPSA) is 92.2 Å². The molecule has 0 amide bonds. The molecule has 0 unspecified atom stereocenters. The second-order valence-electron chi connectivity index (χ2n) is 9.11. The van der Waals surface area contributed by atoms with Gasteiger partial charge in [0.15, 0.2) is 0 Å². The Kier molecular flexibility index (Phi) is 7.08. The first-order chi connectivity index (χ1) is 18.3. The Hall–Kier alpha value is -4.28. The van der Waals surface area contributed by atoms with Crippen LogP contribution in [0.25, 0.3) is 22.2 Å². The maximum Gasteiger partial charge on any atom is 0.264 e. The van der Waals surface area contributed by atoms with Crippen LogP contribution in [0.1, 0.15) is 0 Å². The van der Waals surface area contributed by atoms with Crippen LogP contribution in [-0.4, -0.2) is 48.5 Å². The number of sulfonamides is 1. The molecule has 0 aliphatic carbocycles. The van der Waals surface area contributed by atoms with E-state index in [9.17, 15) is 12.8 Å². The Balaban J connectivity index is 1.29. The lowest BCUT2D eigenvalue weighted by Crippen LogP contribution is -2.17. The number of benzene rings is 3. The monoisotopic (exact) mass is 530 g/mol. The highest BCUT2D eigenvalue weighted by molar-refractivity contribution is 7.92. The molecule has 0 atom stereocenters. The first-order valence-corrected chi connectivity index (χ1v) is 13.5. The number of nitrogens with zero attached hydrogens (tertiary/aromatic N) is 4. The van der Waals surface area contributed by atoms with Crippen molar-refractivity contribution in [3.8, 4) is 11.3 Å². The van der Waals surface area contributed by atoms with Gasteiger partial charge in [0.2, 0.25) is 0 Å². The van der Waals surface area contributed by atoms with Gasteiger partial charge in [-0.15, -0.1) is 0 Å². The van der Waals surface area contributed by atoms with Crippen LogP contribution in [0.15, 0.2) is 96.3 Å². The van der Waals surface area contributed by atoms with Gasteiger partial charge in [-0.2, -0.15) is 0 Å². The molecule has 8 nitrogen and oxygen atoms in total. The molecule has 10 heteroatoms. The summed E-state index contributed by atoms with van der Waals surface area (Å²) in [6, 6.07) is 22.1. The van der Waals surface area contributed by atoms with Crippen LogP contribution in [0.5, 0.6) is 0 Å². The summed E-state index contributed by atoms with van der Waals surface area (Å²) in [4.78, 5) is 10.5. The minimum Gasteiger partial charge on any atom is -0.346 e. The lowest BCUT2D eigenvalue weighted by atomic mass is 10.1. The average molecular weight is 531 g/mol. The van der Waals surface area contributed by atoms with Crippen LogP contribution in [-0.2, 0) is 16.6 Å². The molecule has 0 aliphatic heterocycles. The molecule has 0 saturated carbocycles. The summed E-state index contributed by atoms with van der Waals surface area (Å²) in [6.45, 7) is 1.88. The fourth-order valence-electron chi connectivity index (χ4n) is 4.09. The number of halogens is 1. The fraction of sp³-hybridized carbons (Fsp3) is 0.143. The lowest BCUT2D eigenvalue weighted by molar-refractivity contribution is 0.387. The first-order valence-electron chi connectivity index (χ1n) is 12.0. The molecule has 194 valence electrons. The van der Waals surface area contributed by atoms with Crippen molar-refractivity contribution < 1.29 is 12.8 Å². The summed E-state index contributed by atoms with van der Waals surface area (Å²) in [7, 11) is 0.0848. The molecule has 2 aromatic heterocycles. The van der Waals surface area contributed by atoms with Gasteiger partial charge in [-0.05, 0) is 68.7 Å². The summed E-state index contributed by atoms with van der Waals surface area (Å²) in [5.74, 6) is -0.211. The molecule has 0 saturated heterocycles. The third-order valence-electron chi connectivity index (χ3n) is 6.06. The van der Waals surface area contributed by atoms with E-state index in [1.807, 2.05) is 6.07 Å². The standard InChI is InChI=1S/C28H27FN6O2S/c1-34(2)15-16-35-14-13-21-17-20(7-12-26(21)35)25-18-28(31-19-30-25)32-22-8-10-23(11-9-22)33-38(36,37)27-6-4-3-5-24(27)29/h3-14,17-19,33H,15-16H2,1-2H3,(H,30,31,32). The molecule has 2 heterocycles. The Morgan fingerprint density at radius 3 is 2.45 bits per heavy atom. The molecule has 0 radical (unpaired) electrons. The SMILES string of the molecule is CN(C)CCn1ccc2cc(-c3cc(Nc4ccc(NS(=O)(=O)c5ccccc5F)cc4)ncn3)ccc21. The third-order valence-corrected chi connectivity index (χ3v) is 7.47. The van der Waals surface area contributed by atoms with E-state index in [2.05, 4.69) is 74.0 Å². The number of hydrogen-bond acceptors (Lipinski definition) is 6. The number of rotatable bonds is 9. The van der Waals surface area contributed by atoms with Crippen molar-refractivity contribution in [3.05, 3.63) is 97.2 Å². The molecule has 0 fully saturated rings. The number of aromatic nitrogens is 3. The molecule has 3 aromatic carbocycles. The minimum absolute atomic E-state index is 0.313. The van der Waals surface area contributed by atoms with E-state index in [0.717, 1.165) is 35.8 Å². The van der Waals surface area contributed by atoms with Crippen LogP contribution < -0.4 is 10.0 Å². The van der Waals surface area contributed by atoms with Crippen molar-refractivity contribution in [1.29, 1.82) is 0 Å². The molecular formula is C28H27FN6O2S. The van der Waals surface area contributed by atoms with Gasteiger partial charge in [0.25, 0.3) is 10.0 Å². The molecule has 0 aliphatic rings. The van der Waals surface area contributed by atoms with Crippen LogP contribution in [0.3, 0.4) is 0 Å². The fourth-order valence-corrected chi connectivity index (χ4v) is 5.23. The Morgan fingerprint density at radius 1 is 0.921 bits per heavy atom. The van der Waals surface area contributed by atoms with Gasteiger partial charge >= 0.3 is 0 Å². The molecule has 5 aromatic rings. The van der Waals surface area contributed by atoms with Crippen molar-refractivity contribution in [2.24, 2.45) is 0 Å². The highest BCUT2D eigenvalue weighted by Crippen LogP contribution is 2.27. The van der Waals surface area contributed by atoms with E-state index in [1.165, 1.54) is 30.0 Å². The van der Waals surface area contributed by atoms with Crippen LogP contribution in [0.4, 0.5) is 21.6 Å². The normalized spacial score (nSPS) is 11.7. The zero-order chi connectivity index (χ0) is 26.7. The summed E-state index contributed by atoms with van der Waals surface area (Å²) in [6.07, 6.45) is 3.60. The Bertz CT molecular complexity index is 1680. The zero-order valence-corrected chi connectivity index (χ0v) is 21.8. The number of nitrogens with one attached hydrogen (secondary N) is 2. The summed E-state index contributed by atoms with van der Waals surface area (Å²) in [5.41, 5.74) is 3.95. The third kappa shape index (κ3) is 5.66. The number of likely N-dealkylation sites (N-methyl/N-ethyl adjacent to an activating group) is 1. The quantitative estimate of drug-likeness (QED) is 0.267. The molecular weight excluding hydrogens is 503 g/mol. The van der Waals surface area contributed by atoms with Gasteiger partial charge in [-0.3, -0.25) is 4.72 Å². The van der Waals surface area contributed by atoms with Gasteiger partial charge in [-0.1, -0.05) is 18.2 Å². The highest BCUT2D eigenvalue weighted by Gasteiger charge is 2.18. The van der Waals surface area contributed by atoms with Gasteiger partial charge in [0, 0.05) is 53.2 Å². The van der Waals surface area contributed by atoms with Crippen molar-refractivity contribution in [2.45, 2.75) is 11.4 Å². The predicted octanol–water partition coefficient (Wildman–Crippen LogP) is 5.34. The molecule has 0 spiro atoms. The van der Waals surface area contributed by atoms with Crippen LogP contribution in [0, 0.1) is 5.82 Å². The number of fused-ring (bicyclic) bond motifs is 1. The van der Waals surface area contributed by atoms with Crippen LogP contribution in [0.2, 0.25) is 0 Å². The molecule has 5 rings (SSSR count). The van der Waals surface area contributed by atoms with E-state index >= 15 is 0 Å². The Labute approximate surface area is 220 Å². The van der Waals surface area contributed by atoms with E-state index in [4.69, 9.17) is 0 Å². The number of anilines is 3.